The first-order chi connectivity index (χ1) is 9.15. The molecule has 0 unspecified atom stereocenters. The molecular formula is C14H11Cl2FN2. The SMILES string of the molecule is Fc1cccc(Cl)c1Cc1nc(Cl)c2c(n1)CCC2. The van der Waals surface area contributed by atoms with Crippen LogP contribution in [0.5, 0.6) is 0 Å². The molecule has 1 aromatic heterocycles. The highest BCUT2D eigenvalue weighted by Gasteiger charge is 2.19. The summed E-state index contributed by atoms with van der Waals surface area (Å²) in [4.78, 5) is 8.72. The summed E-state index contributed by atoms with van der Waals surface area (Å²) in [5, 5.41) is 0.880. The molecular weight excluding hydrogens is 286 g/mol. The Balaban J connectivity index is 1.98. The van der Waals surface area contributed by atoms with Crippen LogP contribution in [0.1, 0.15) is 29.1 Å². The lowest BCUT2D eigenvalue weighted by atomic mass is 10.1. The quantitative estimate of drug-likeness (QED) is 0.783. The van der Waals surface area contributed by atoms with E-state index in [1.165, 1.54) is 6.07 Å². The van der Waals surface area contributed by atoms with Crippen molar-refractivity contribution in [2.75, 3.05) is 0 Å². The number of fused-ring (bicyclic) bond motifs is 1. The maximum atomic E-state index is 13.7. The summed E-state index contributed by atoms with van der Waals surface area (Å²) >= 11 is 12.2. The molecule has 2 nitrogen and oxygen atoms in total. The predicted octanol–water partition coefficient (Wildman–Crippen LogP) is 4.00. The zero-order valence-electron chi connectivity index (χ0n) is 10.1. The van der Waals surface area contributed by atoms with E-state index in [-0.39, 0.29) is 12.2 Å². The van der Waals surface area contributed by atoms with Crippen molar-refractivity contribution in [1.82, 2.24) is 9.97 Å². The summed E-state index contributed by atoms with van der Waals surface area (Å²) in [5.41, 5.74) is 2.44. The Kier molecular flexibility index (Phi) is 3.42. The van der Waals surface area contributed by atoms with Gasteiger partial charge in [-0.1, -0.05) is 29.3 Å². The van der Waals surface area contributed by atoms with Gasteiger partial charge in [-0.25, -0.2) is 14.4 Å². The molecule has 0 N–H and O–H groups in total. The van der Waals surface area contributed by atoms with Gasteiger partial charge in [-0.2, -0.15) is 0 Å². The molecule has 1 aliphatic rings. The van der Waals surface area contributed by atoms with Gasteiger partial charge in [-0.15, -0.1) is 0 Å². The molecule has 1 aromatic carbocycles. The van der Waals surface area contributed by atoms with Crippen molar-refractivity contribution < 1.29 is 4.39 Å². The first kappa shape index (κ1) is 12.8. The molecule has 19 heavy (non-hydrogen) atoms. The van der Waals surface area contributed by atoms with E-state index in [9.17, 15) is 4.39 Å². The minimum absolute atomic E-state index is 0.262. The monoisotopic (exact) mass is 296 g/mol. The fourth-order valence-corrected chi connectivity index (χ4v) is 2.90. The second-order valence-electron chi connectivity index (χ2n) is 4.59. The van der Waals surface area contributed by atoms with Crippen LogP contribution in [0.4, 0.5) is 4.39 Å². The van der Waals surface area contributed by atoms with Gasteiger partial charge in [0.1, 0.15) is 16.8 Å². The standard InChI is InChI=1S/C14H11Cl2FN2/c15-10-4-2-5-11(17)9(10)7-13-18-12-6-1-3-8(12)14(16)19-13/h2,4-5H,1,3,6-7H2. The summed E-state index contributed by atoms with van der Waals surface area (Å²) in [5.74, 6) is 0.186. The van der Waals surface area contributed by atoms with Gasteiger partial charge in [0.15, 0.2) is 0 Å². The number of hydrogen-bond acceptors (Lipinski definition) is 2. The second-order valence-corrected chi connectivity index (χ2v) is 5.35. The molecule has 0 aliphatic heterocycles. The first-order valence-electron chi connectivity index (χ1n) is 6.12. The zero-order chi connectivity index (χ0) is 13.4. The Bertz CT molecular complexity index is 623. The zero-order valence-corrected chi connectivity index (χ0v) is 11.6. The summed E-state index contributed by atoms with van der Waals surface area (Å²) < 4.78 is 13.7. The number of hydrogen-bond donors (Lipinski definition) is 0. The van der Waals surface area contributed by atoms with Crippen LogP contribution in [-0.2, 0) is 19.3 Å². The van der Waals surface area contributed by atoms with Crippen LogP contribution < -0.4 is 0 Å². The molecule has 0 saturated carbocycles. The number of nitrogens with zero attached hydrogens (tertiary/aromatic N) is 2. The van der Waals surface area contributed by atoms with Crippen LogP contribution >= 0.6 is 23.2 Å². The Labute approximate surface area is 120 Å². The molecule has 0 atom stereocenters. The molecule has 2 aromatic rings. The Morgan fingerprint density at radius 1 is 1.16 bits per heavy atom. The molecule has 1 heterocycles. The predicted molar refractivity (Wildman–Crippen MR) is 73.3 cm³/mol. The fourth-order valence-electron chi connectivity index (χ4n) is 2.37. The van der Waals surface area contributed by atoms with Crippen LogP contribution in [0, 0.1) is 5.82 Å². The van der Waals surface area contributed by atoms with E-state index in [1.54, 1.807) is 12.1 Å². The van der Waals surface area contributed by atoms with Gasteiger partial charge >= 0.3 is 0 Å². The van der Waals surface area contributed by atoms with Gasteiger partial charge in [-0.3, -0.25) is 0 Å². The summed E-state index contributed by atoms with van der Waals surface area (Å²) in [7, 11) is 0. The highest BCUT2D eigenvalue weighted by Crippen LogP contribution is 2.27. The van der Waals surface area contributed by atoms with Gasteiger partial charge < -0.3 is 0 Å². The molecule has 0 bridgehead atoms. The van der Waals surface area contributed by atoms with Crippen LogP contribution in [0.2, 0.25) is 10.2 Å². The topological polar surface area (TPSA) is 25.8 Å². The van der Waals surface area contributed by atoms with E-state index in [2.05, 4.69) is 9.97 Å². The van der Waals surface area contributed by atoms with E-state index < -0.39 is 0 Å². The number of benzene rings is 1. The van der Waals surface area contributed by atoms with Gasteiger partial charge in [0.25, 0.3) is 0 Å². The maximum Gasteiger partial charge on any atom is 0.136 e. The van der Waals surface area contributed by atoms with E-state index in [4.69, 9.17) is 23.2 Å². The number of halogens is 3. The van der Waals surface area contributed by atoms with Crippen molar-refractivity contribution in [3.63, 3.8) is 0 Å². The van der Waals surface area contributed by atoms with Gasteiger partial charge in [0, 0.05) is 28.3 Å². The molecule has 98 valence electrons. The molecule has 0 radical (unpaired) electrons. The minimum Gasteiger partial charge on any atom is -0.237 e. The fraction of sp³-hybridized carbons (Fsp3) is 0.286. The lowest BCUT2D eigenvalue weighted by Crippen LogP contribution is -2.04. The van der Waals surface area contributed by atoms with E-state index in [1.807, 2.05) is 0 Å². The number of aryl methyl sites for hydroxylation is 1. The molecule has 0 spiro atoms. The molecule has 1 aliphatic carbocycles. The molecule has 0 saturated heterocycles. The van der Waals surface area contributed by atoms with E-state index in [0.29, 0.717) is 21.6 Å². The van der Waals surface area contributed by atoms with E-state index >= 15 is 0 Å². The van der Waals surface area contributed by atoms with Crippen molar-refractivity contribution in [1.29, 1.82) is 0 Å². The number of aromatic nitrogens is 2. The Morgan fingerprint density at radius 2 is 2.00 bits per heavy atom. The van der Waals surface area contributed by atoms with Crippen LogP contribution in [0.15, 0.2) is 18.2 Å². The third-order valence-electron chi connectivity index (χ3n) is 3.33. The number of rotatable bonds is 2. The van der Waals surface area contributed by atoms with Crippen LogP contribution in [0.25, 0.3) is 0 Å². The summed E-state index contributed by atoms with van der Waals surface area (Å²) in [6.07, 6.45) is 3.15. The Hall–Kier alpha value is -1.19. The van der Waals surface area contributed by atoms with Gasteiger partial charge in [-0.05, 0) is 31.4 Å². The third-order valence-corrected chi connectivity index (χ3v) is 3.99. The minimum atomic E-state index is -0.340. The van der Waals surface area contributed by atoms with Crippen molar-refractivity contribution in [3.05, 3.63) is 56.8 Å². The lowest BCUT2D eigenvalue weighted by molar-refractivity contribution is 0.612. The third kappa shape index (κ3) is 2.45. The molecule has 3 rings (SSSR count). The first-order valence-corrected chi connectivity index (χ1v) is 6.88. The van der Waals surface area contributed by atoms with Gasteiger partial charge in [0.05, 0.1) is 0 Å². The summed E-state index contributed by atoms with van der Waals surface area (Å²) in [6.45, 7) is 0. The van der Waals surface area contributed by atoms with E-state index in [0.717, 1.165) is 30.5 Å². The van der Waals surface area contributed by atoms with Crippen LogP contribution in [-0.4, -0.2) is 9.97 Å². The average molecular weight is 297 g/mol. The van der Waals surface area contributed by atoms with Crippen LogP contribution in [0.3, 0.4) is 0 Å². The average Bonchev–Trinajstić information content (AvgIpc) is 2.83. The van der Waals surface area contributed by atoms with Crippen molar-refractivity contribution in [3.8, 4) is 0 Å². The molecule has 0 amide bonds. The molecule has 5 heteroatoms. The molecule has 0 fully saturated rings. The van der Waals surface area contributed by atoms with Gasteiger partial charge in [0.2, 0.25) is 0 Å². The maximum absolute atomic E-state index is 13.7. The smallest absolute Gasteiger partial charge is 0.136 e. The lowest BCUT2D eigenvalue weighted by Gasteiger charge is -2.07. The normalized spacial score (nSPS) is 13.6. The Morgan fingerprint density at radius 3 is 2.79 bits per heavy atom. The highest BCUT2D eigenvalue weighted by atomic mass is 35.5. The summed E-state index contributed by atoms with van der Waals surface area (Å²) in [6, 6.07) is 4.63. The van der Waals surface area contributed by atoms with Crippen molar-refractivity contribution in [2.45, 2.75) is 25.7 Å². The van der Waals surface area contributed by atoms with Crippen molar-refractivity contribution >= 4 is 23.2 Å². The second kappa shape index (κ2) is 5.06. The highest BCUT2D eigenvalue weighted by molar-refractivity contribution is 6.31. The largest absolute Gasteiger partial charge is 0.237 e. The van der Waals surface area contributed by atoms with Crippen molar-refractivity contribution in [2.24, 2.45) is 0 Å².